The largest absolute Gasteiger partial charge is 0.324 e. The van der Waals surface area contributed by atoms with E-state index in [-0.39, 0.29) is 11.9 Å². The van der Waals surface area contributed by atoms with E-state index in [0.717, 1.165) is 16.8 Å². The minimum Gasteiger partial charge on any atom is -0.324 e. The number of halogens is 2. The Balaban J connectivity index is 1.81. The number of rotatable bonds is 2. The second-order valence-electron chi connectivity index (χ2n) is 5.24. The third-order valence-corrected chi connectivity index (χ3v) is 4.00. The minimum atomic E-state index is -0.274. The number of hydrogen-bond donors (Lipinski definition) is 1. The maximum absolute atomic E-state index is 13.6. The van der Waals surface area contributed by atoms with E-state index in [9.17, 15) is 4.39 Å². The summed E-state index contributed by atoms with van der Waals surface area (Å²) in [5, 5.41) is 8.16. The highest BCUT2D eigenvalue weighted by molar-refractivity contribution is 6.30. The molecule has 0 aliphatic carbocycles. The zero-order valence-corrected chi connectivity index (χ0v) is 12.7. The van der Waals surface area contributed by atoms with E-state index < -0.39 is 0 Å². The first kappa shape index (κ1) is 14.0. The van der Waals surface area contributed by atoms with E-state index in [1.165, 1.54) is 18.5 Å². The SMILES string of the molecule is Fc1cccc([C@@H]2C=C(c3ccc(Cl)cc3)Nc3ncnn32)c1. The summed E-state index contributed by atoms with van der Waals surface area (Å²) in [5.74, 6) is 0.343. The Hall–Kier alpha value is -2.66. The van der Waals surface area contributed by atoms with Gasteiger partial charge in [-0.05, 0) is 41.5 Å². The average Bonchev–Trinajstić information content (AvgIpc) is 3.03. The predicted molar refractivity (Wildman–Crippen MR) is 87.6 cm³/mol. The summed E-state index contributed by atoms with van der Waals surface area (Å²) in [6, 6.07) is 13.8. The maximum atomic E-state index is 13.6. The fourth-order valence-electron chi connectivity index (χ4n) is 2.66. The van der Waals surface area contributed by atoms with E-state index >= 15 is 0 Å². The second kappa shape index (κ2) is 5.52. The molecule has 1 aliphatic rings. The van der Waals surface area contributed by atoms with Gasteiger partial charge in [-0.1, -0.05) is 35.9 Å². The molecule has 0 unspecified atom stereocenters. The van der Waals surface area contributed by atoms with Crippen LogP contribution in [0.5, 0.6) is 0 Å². The molecule has 0 saturated heterocycles. The van der Waals surface area contributed by atoms with Gasteiger partial charge in [0.1, 0.15) is 18.2 Å². The van der Waals surface area contributed by atoms with Crippen LogP contribution >= 0.6 is 11.6 Å². The predicted octanol–water partition coefficient (Wildman–Crippen LogP) is 4.13. The Morgan fingerprint density at radius 2 is 1.96 bits per heavy atom. The molecule has 1 atom stereocenters. The van der Waals surface area contributed by atoms with Crippen LogP contribution in [0.3, 0.4) is 0 Å². The Morgan fingerprint density at radius 3 is 2.74 bits per heavy atom. The molecule has 1 aromatic heterocycles. The molecule has 4 nitrogen and oxygen atoms in total. The standard InChI is InChI=1S/C17H12ClFN4/c18-13-6-4-11(5-7-13)15-9-16(12-2-1-3-14(19)8-12)23-17(22-15)20-10-21-23/h1-10,16H,(H,20,21,22)/t16-/m0/s1. The van der Waals surface area contributed by atoms with Gasteiger partial charge in [-0.2, -0.15) is 10.1 Å². The number of aromatic nitrogens is 3. The zero-order chi connectivity index (χ0) is 15.8. The monoisotopic (exact) mass is 326 g/mol. The molecule has 0 spiro atoms. The van der Waals surface area contributed by atoms with Gasteiger partial charge in [-0.25, -0.2) is 9.07 Å². The van der Waals surface area contributed by atoms with Crippen LogP contribution in [0, 0.1) is 5.82 Å². The Bertz CT molecular complexity index is 886. The summed E-state index contributed by atoms with van der Waals surface area (Å²) >= 11 is 5.95. The first-order valence-electron chi connectivity index (χ1n) is 7.10. The van der Waals surface area contributed by atoms with Crippen LogP contribution in [0.2, 0.25) is 5.02 Å². The van der Waals surface area contributed by atoms with E-state index in [2.05, 4.69) is 15.4 Å². The molecule has 1 N–H and O–H groups in total. The Kier molecular flexibility index (Phi) is 3.35. The molecule has 3 aromatic rings. The summed E-state index contributed by atoms with van der Waals surface area (Å²) in [6.07, 6.45) is 3.48. The van der Waals surface area contributed by atoms with Gasteiger partial charge in [-0.3, -0.25) is 0 Å². The number of allylic oxidation sites excluding steroid dienone is 1. The molecule has 0 amide bonds. The molecule has 2 aromatic carbocycles. The molecule has 0 radical (unpaired) electrons. The highest BCUT2D eigenvalue weighted by atomic mass is 35.5. The topological polar surface area (TPSA) is 42.7 Å². The lowest BCUT2D eigenvalue weighted by atomic mass is 10.0. The van der Waals surface area contributed by atoms with Crippen molar-refractivity contribution >= 4 is 23.2 Å². The van der Waals surface area contributed by atoms with Gasteiger partial charge in [0.2, 0.25) is 5.95 Å². The quantitative estimate of drug-likeness (QED) is 0.770. The van der Waals surface area contributed by atoms with Gasteiger partial charge in [0.05, 0.1) is 0 Å². The highest BCUT2D eigenvalue weighted by Gasteiger charge is 2.23. The third kappa shape index (κ3) is 2.59. The van der Waals surface area contributed by atoms with Gasteiger partial charge in [0.15, 0.2) is 0 Å². The van der Waals surface area contributed by atoms with Crippen molar-refractivity contribution in [2.45, 2.75) is 6.04 Å². The van der Waals surface area contributed by atoms with E-state index in [1.54, 1.807) is 10.7 Å². The van der Waals surface area contributed by atoms with Gasteiger partial charge in [0, 0.05) is 10.7 Å². The van der Waals surface area contributed by atoms with Crippen LogP contribution in [-0.4, -0.2) is 14.8 Å². The highest BCUT2D eigenvalue weighted by Crippen LogP contribution is 2.32. The first-order chi connectivity index (χ1) is 11.2. The number of fused-ring (bicyclic) bond motifs is 1. The minimum absolute atomic E-state index is 0.227. The molecule has 0 bridgehead atoms. The van der Waals surface area contributed by atoms with Crippen molar-refractivity contribution in [3.8, 4) is 0 Å². The molecule has 6 heteroatoms. The molecule has 0 fully saturated rings. The average molecular weight is 327 g/mol. The number of hydrogen-bond acceptors (Lipinski definition) is 3. The van der Waals surface area contributed by atoms with Gasteiger partial charge < -0.3 is 5.32 Å². The van der Waals surface area contributed by atoms with Crippen molar-refractivity contribution in [1.82, 2.24) is 14.8 Å². The molecular weight excluding hydrogens is 315 g/mol. The molecule has 4 rings (SSSR count). The molecule has 114 valence electrons. The van der Waals surface area contributed by atoms with Gasteiger partial charge in [-0.15, -0.1) is 0 Å². The van der Waals surface area contributed by atoms with Crippen molar-refractivity contribution < 1.29 is 4.39 Å². The molecule has 23 heavy (non-hydrogen) atoms. The first-order valence-corrected chi connectivity index (χ1v) is 7.48. The number of nitrogens with one attached hydrogen (secondary N) is 1. The van der Waals surface area contributed by atoms with Gasteiger partial charge in [0.25, 0.3) is 0 Å². The summed E-state index contributed by atoms with van der Waals surface area (Å²) in [6.45, 7) is 0. The number of benzene rings is 2. The summed E-state index contributed by atoms with van der Waals surface area (Å²) in [5.41, 5.74) is 2.67. The van der Waals surface area contributed by atoms with Crippen molar-refractivity contribution in [2.24, 2.45) is 0 Å². The van der Waals surface area contributed by atoms with Crippen molar-refractivity contribution in [3.05, 3.63) is 82.9 Å². The van der Waals surface area contributed by atoms with Crippen molar-refractivity contribution in [1.29, 1.82) is 0 Å². The molecule has 0 saturated carbocycles. The maximum Gasteiger partial charge on any atom is 0.226 e. The van der Waals surface area contributed by atoms with Crippen molar-refractivity contribution in [3.63, 3.8) is 0 Å². The van der Waals surface area contributed by atoms with Crippen LogP contribution in [0.1, 0.15) is 17.2 Å². The molecular formula is C17H12ClFN4. The lowest BCUT2D eigenvalue weighted by Gasteiger charge is -2.24. The Morgan fingerprint density at radius 1 is 1.13 bits per heavy atom. The Labute approximate surface area is 137 Å². The van der Waals surface area contributed by atoms with Crippen LogP contribution < -0.4 is 5.32 Å². The lowest BCUT2D eigenvalue weighted by Crippen LogP contribution is -2.20. The fourth-order valence-corrected chi connectivity index (χ4v) is 2.79. The summed E-state index contributed by atoms with van der Waals surface area (Å²) < 4.78 is 15.3. The number of nitrogens with zero attached hydrogens (tertiary/aromatic N) is 3. The fraction of sp³-hybridized carbons (Fsp3) is 0.0588. The lowest BCUT2D eigenvalue weighted by molar-refractivity contribution is 0.593. The molecule has 2 heterocycles. The van der Waals surface area contributed by atoms with Crippen LogP contribution in [0.25, 0.3) is 5.70 Å². The smallest absolute Gasteiger partial charge is 0.226 e. The second-order valence-corrected chi connectivity index (χ2v) is 5.68. The van der Waals surface area contributed by atoms with E-state index in [0.29, 0.717) is 11.0 Å². The van der Waals surface area contributed by atoms with Crippen LogP contribution in [0.15, 0.2) is 60.9 Å². The number of anilines is 1. The van der Waals surface area contributed by atoms with Crippen LogP contribution in [-0.2, 0) is 0 Å². The third-order valence-electron chi connectivity index (χ3n) is 3.75. The van der Waals surface area contributed by atoms with E-state index in [4.69, 9.17) is 11.6 Å². The van der Waals surface area contributed by atoms with Gasteiger partial charge >= 0.3 is 0 Å². The van der Waals surface area contributed by atoms with E-state index in [1.807, 2.05) is 36.4 Å². The van der Waals surface area contributed by atoms with Crippen LogP contribution in [0.4, 0.5) is 10.3 Å². The zero-order valence-electron chi connectivity index (χ0n) is 11.9. The summed E-state index contributed by atoms with van der Waals surface area (Å²) in [4.78, 5) is 4.23. The normalized spacial score (nSPS) is 16.4. The molecule has 1 aliphatic heterocycles. The van der Waals surface area contributed by atoms with Crippen molar-refractivity contribution in [2.75, 3.05) is 5.32 Å². The summed E-state index contributed by atoms with van der Waals surface area (Å²) in [7, 11) is 0.